The van der Waals surface area contributed by atoms with Crippen LogP contribution in [-0.4, -0.2) is 26.4 Å². The Bertz CT molecular complexity index is 1370. The van der Waals surface area contributed by atoms with Gasteiger partial charge in [0.2, 0.25) is 0 Å². The lowest BCUT2D eigenvalue weighted by molar-refractivity contribution is 0.0939. The van der Waals surface area contributed by atoms with Crippen molar-refractivity contribution in [3.63, 3.8) is 0 Å². The highest BCUT2D eigenvalue weighted by Gasteiger charge is 2.28. The summed E-state index contributed by atoms with van der Waals surface area (Å²) in [7, 11) is -2.35. The van der Waals surface area contributed by atoms with Crippen molar-refractivity contribution < 1.29 is 23.1 Å². The fourth-order valence-electron chi connectivity index (χ4n) is 4.27. The molecule has 0 fully saturated rings. The molecule has 3 N–H and O–H groups in total. The molecule has 1 aliphatic heterocycles. The molecule has 3 aromatic rings. The largest absolute Gasteiger partial charge is 0.496 e. The third kappa shape index (κ3) is 5.18. The van der Waals surface area contributed by atoms with Crippen LogP contribution in [0.5, 0.6) is 5.75 Å². The first-order valence-corrected chi connectivity index (χ1v) is 13.0. The van der Waals surface area contributed by atoms with Crippen molar-refractivity contribution in [3.8, 4) is 5.75 Å². The molecule has 3 aromatic carbocycles. The van der Waals surface area contributed by atoms with Crippen LogP contribution in [0.2, 0.25) is 0 Å². The van der Waals surface area contributed by atoms with Crippen LogP contribution in [-0.2, 0) is 10.0 Å². The molecule has 0 saturated carbocycles. The molecule has 0 radical (unpaired) electrons. The highest BCUT2D eigenvalue weighted by Crippen LogP contribution is 2.40. The molecule has 0 bridgehead atoms. The normalized spacial score (nSPS) is 17.4. The van der Waals surface area contributed by atoms with Gasteiger partial charge in [0.15, 0.2) is 5.78 Å². The van der Waals surface area contributed by atoms with Crippen molar-refractivity contribution in [2.75, 3.05) is 17.1 Å². The summed E-state index contributed by atoms with van der Waals surface area (Å²) >= 11 is 0. The quantitative estimate of drug-likeness (QED) is 0.388. The van der Waals surface area contributed by atoms with Gasteiger partial charge < -0.3 is 15.2 Å². The van der Waals surface area contributed by atoms with Crippen LogP contribution < -0.4 is 14.8 Å². The Balaban J connectivity index is 1.58. The Morgan fingerprint density at radius 3 is 2.60 bits per heavy atom. The second kappa shape index (κ2) is 9.71. The summed E-state index contributed by atoms with van der Waals surface area (Å²) < 4.78 is 33.9. The van der Waals surface area contributed by atoms with Crippen LogP contribution in [0.25, 0.3) is 0 Å². The van der Waals surface area contributed by atoms with Gasteiger partial charge in [-0.3, -0.25) is 9.52 Å². The van der Waals surface area contributed by atoms with Gasteiger partial charge in [0, 0.05) is 35.2 Å². The summed E-state index contributed by atoms with van der Waals surface area (Å²) in [4.78, 5) is 12.5. The van der Waals surface area contributed by atoms with Crippen LogP contribution >= 0.6 is 0 Å². The average Bonchev–Trinajstić information content (AvgIpc) is 2.84. The molecule has 35 heavy (non-hydrogen) atoms. The number of ketones is 1. The van der Waals surface area contributed by atoms with Gasteiger partial charge in [0.25, 0.3) is 10.0 Å². The van der Waals surface area contributed by atoms with Gasteiger partial charge in [0.1, 0.15) is 5.75 Å². The number of hydrogen-bond donors (Lipinski definition) is 3. The van der Waals surface area contributed by atoms with Gasteiger partial charge in [-0.25, -0.2) is 8.42 Å². The first kappa shape index (κ1) is 24.8. The lowest BCUT2D eigenvalue weighted by Crippen LogP contribution is -2.23. The molecular formula is C27H30N2O5S. The molecule has 0 aliphatic carbocycles. The van der Waals surface area contributed by atoms with E-state index in [9.17, 15) is 18.3 Å². The molecule has 2 atom stereocenters. The van der Waals surface area contributed by atoms with Gasteiger partial charge >= 0.3 is 0 Å². The highest BCUT2D eigenvalue weighted by atomic mass is 32.2. The SMILES string of the molecule is COc1cc(NS(=O)(=O)c2ccc3c(c2)[C@@H](O)CC(c2cccc(C(=O)C(C)C)c2)N3)ccc1C. The van der Waals surface area contributed by atoms with Gasteiger partial charge in [-0.2, -0.15) is 0 Å². The Morgan fingerprint density at radius 2 is 1.89 bits per heavy atom. The smallest absolute Gasteiger partial charge is 0.261 e. The Labute approximate surface area is 206 Å². The molecular weight excluding hydrogens is 464 g/mol. The van der Waals surface area contributed by atoms with E-state index in [2.05, 4.69) is 10.0 Å². The monoisotopic (exact) mass is 494 g/mol. The number of carbonyl (C=O) groups is 1. The minimum Gasteiger partial charge on any atom is -0.496 e. The van der Waals surface area contributed by atoms with Crippen LogP contribution in [0.15, 0.2) is 65.6 Å². The summed E-state index contributed by atoms with van der Waals surface area (Å²) in [5.41, 5.74) is 3.99. The number of anilines is 2. The van der Waals surface area contributed by atoms with E-state index in [0.29, 0.717) is 34.7 Å². The summed E-state index contributed by atoms with van der Waals surface area (Å²) in [6.45, 7) is 5.61. The molecule has 184 valence electrons. The molecule has 4 rings (SSSR count). The number of fused-ring (bicyclic) bond motifs is 1. The predicted molar refractivity (Wildman–Crippen MR) is 137 cm³/mol. The van der Waals surface area contributed by atoms with Crippen molar-refractivity contribution in [2.45, 2.75) is 44.2 Å². The minimum absolute atomic E-state index is 0.0552. The van der Waals surface area contributed by atoms with Crippen LogP contribution in [0.3, 0.4) is 0 Å². The van der Waals surface area contributed by atoms with Gasteiger partial charge in [-0.15, -0.1) is 0 Å². The number of aliphatic hydroxyl groups is 1. The molecule has 0 amide bonds. The number of benzene rings is 3. The fraction of sp³-hybridized carbons (Fsp3) is 0.296. The summed E-state index contributed by atoms with van der Waals surface area (Å²) in [5, 5.41) is 14.3. The summed E-state index contributed by atoms with van der Waals surface area (Å²) in [6, 6.07) is 17.0. The van der Waals surface area contributed by atoms with Crippen molar-refractivity contribution in [1.29, 1.82) is 0 Å². The third-order valence-corrected chi connectivity index (χ3v) is 7.62. The number of ether oxygens (including phenoxy) is 1. The van der Waals surface area contributed by atoms with E-state index in [1.807, 2.05) is 39.0 Å². The van der Waals surface area contributed by atoms with Crippen LogP contribution in [0.1, 0.15) is 59.5 Å². The standard InChI is InChI=1S/C27H30N2O5S/c1-16(2)27(31)19-7-5-6-18(12-19)24-15-25(30)22-14-21(10-11-23(22)28-24)35(32,33)29-20-9-8-17(3)26(13-20)34-4/h5-14,16,24-25,28-30H,15H2,1-4H3/t24?,25-/m0/s1. The molecule has 1 aliphatic rings. The zero-order valence-corrected chi connectivity index (χ0v) is 21.0. The summed E-state index contributed by atoms with van der Waals surface area (Å²) in [5.74, 6) is 0.545. The Morgan fingerprint density at radius 1 is 1.11 bits per heavy atom. The molecule has 1 heterocycles. The zero-order chi connectivity index (χ0) is 25.3. The van der Waals surface area contributed by atoms with Gasteiger partial charge in [-0.1, -0.05) is 38.1 Å². The van der Waals surface area contributed by atoms with E-state index in [0.717, 1.165) is 11.1 Å². The zero-order valence-electron chi connectivity index (χ0n) is 20.2. The number of Topliss-reactive ketones (excluding diaryl/α,β-unsaturated/α-hetero) is 1. The number of rotatable bonds is 7. The topological polar surface area (TPSA) is 105 Å². The molecule has 0 aromatic heterocycles. The van der Waals surface area contributed by atoms with E-state index in [-0.39, 0.29) is 22.6 Å². The number of carbonyl (C=O) groups excluding carboxylic acids is 1. The molecule has 7 nitrogen and oxygen atoms in total. The molecule has 8 heteroatoms. The summed E-state index contributed by atoms with van der Waals surface area (Å²) in [6.07, 6.45) is -0.520. The minimum atomic E-state index is -3.88. The Hall–Kier alpha value is -3.36. The van der Waals surface area contributed by atoms with Crippen LogP contribution in [0.4, 0.5) is 11.4 Å². The maximum Gasteiger partial charge on any atom is 0.261 e. The number of hydrogen-bond acceptors (Lipinski definition) is 6. The number of methoxy groups -OCH3 is 1. The van der Waals surface area contributed by atoms with Gasteiger partial charge in [-0.05, 0) is 48.4 Å². The maximum absolute atomic E-state index is 13.0. The number of nitrogens with one attached hydrogen (secondary N) is 2. The number of aliphatic hydroxyl groups excluding tert-OH is 1. The second-order valence-corrected chi connectivity index (χ2v) is 10.8. The van der Waals surface area contributed by atoms with E-state index < -0.39 is 16.1 Å². The fourth-order valence-corrected chi connectivity index (χ4v) is 5.36. The van der Waals surface area contributed by atoms with Gasteiger partial charge in [0.05, 0.1) is 29.8 Å². The maximum atomic E-state index is 13.0. The van der Waals surface area contributed by atoms with Crippen molar-refractivity contribution in [1.82, 2.24) is 0 Å². The van der Waals surface area contributed by atoms with Crippen LogP contribution in [0, 0.1) is 12.8 Å². The van der Waals surface area contributed by atoms with E-state index in [1.165, 1.54) is 19.2 Å². The van der Waals surface area contributed by atoms with Crippen molar-refractivity contribution >= 4 is 27.2 Å². The molecule has 1 unspecified atom stereocenters. The highest BCUT2D eigenvalue weighted by molar-refractivity contribution is 7.92. The van der Waals surface area contributed by atoms with Crippen molar-refractivity contribution in [3.05, 3.63) is 82.9 Å². The van der Waals surface area contributed by atoms with E-state index in [4.69, 9.17) is 4.74 Å². The van der Waals surface area contributed by atoms with Crippen molar-refractivity contribution in [2.24, 2.45) is 5.92 Å². The Kier molecular flexibility index (Phi) is 6.87. The molecule has 0 spiro atoms. The number of sulfonamides is 1. The third-order valence-electron chi connectivity index (χ3n) is 6.24. The first-order chi connectivity index (χ1) is 16.6. The lowest BCUT2D eigenvalue weighted by atomic mass is 9.89. The second-order valence-electron chi connectivity index (χ2n) is 9.13. The number of aryl methyl sites for hydroxylation is 1. The lowest BCUT2D eigenvalue weighted by Gasteiger charge is -2.31. The average molecular weight is 495 g/mol. The first-order valence-electron chi connectivity index (χ1n) is 11.5. The van der Waals surface area contributed by atoms with E-state index >= 15 is 0 Å². The predicted octanol–water partition coefficient (Wildman–Crippen LogP) is 5.23. The van der Waals surface area contributed by atoms with E-state index in [1.54, 1.807) is 30.3 Å². The molecule has 0 saturated heterocycles.